The fourth-order valence-corrected chi connectivity index (χ4v) is 2.35. The fraction of sp³-hybridized carbons (Fsp3) is 0.938. The second kappa shape index (κ2) is 9.34. The molecule has 0 radical (unpaired) electrons. The molecule has 110 valence electrons. The van der Waals surface area contributed by atoms with Gasteiger partial charge in [-0.1, -0.05) is 33.1 Å². The summed E-state index contributed by atoms with van der Waals surface area (Å²) >= 11 is 0. The van der Waals surface area contributed by atoms with Gasteiger partial charge in [0.2, 0.25) is 0 Å². The monoisotopic (exact) mass is 266 g/mol. The topological polar surface area (TPSA) is 45.0 Å². The van der Waals surface area contributed by atoms with Crippen LogP contribution in [0.2, 0.25) is 0 Å². The van der Waals surface area contributed by atoms with Crippen LogP contribution in [-0.4, -0.2) is 24.8 Å². The maximum absolute atomic E-state index is 9.40. The highest BCUT2D eigenvalue weighted by molar-refractivity contribution is 5.09. The van der Waals surface area contributed by atoms with Crippen LogP contribution in [0.1, 0.15) is 71.6 Å². The maximum atomic E-state index is 9.40. The molecule has 0 aromatic heterocycles. The fourth-order valence-electron chi connectivity index (χ4n) is 2.35. The Kier molecular flexibility index (Phi) is 8.09. The van der Waals surface area contributed by atoms with Crippen molar-refractivity contribution in [1.29, 1.82) is 5.26 Å². The first kappa shape index (κ1) is 16.5. The average molecular weight is 266 g/mol. The van der Waals surface area contributed by atoms with Gasteiger partial charge in [-0.2, -0.15) is 5.26 Å². The number of nitriles is 1. The summed E-state index contributed by atoms with van der Waals surface area (Å²) in [5.41, 5.74) is -0.313. The molecule has 0 aromatic rings. The van der Waals surface area contributed by atoms with Gasteiger partial charge in [0.15, 0.2) is 0 Å². The Morgan fingerprint density at radius 3 is 2.47 bits per heavy atom. The van der Waals surface area contributed by atoms with E-state index in [0.29, 0.717) is 6.04 Å². The summed E-state index contributed by atoms with van der Waals surface area (Å²) in [6.07, 6.45) is 10.3. The van der Waals surface area contributed by atoms with Gasteiger partial charge >= 0.3 is 0 Å². The quantitative estimate of drug-likeness (QED) is 0.547. The zero-order valence-corrected chi connectivity index (χ0v) is 12.7. The first-order valence-corrected chi connectivity index (χ1v) is 8.03. The maximum Gasteiger partial charge on any atom is 0.106 e. The summed E-state index contributed by atoms with van der Waals surface area (Å²) in [6.45, 7) is 5.99. The Hall–Kier alpha value is -0.590. The molecule has 1 fully saturated rings. The number of hydrogen-bond acceptors (Lipinski definition) is 3. The third-order valence-electron chi connectivity index (χ3n) is 3.91. The molecule has 0 aromatic carbocycles. The van der Waals surface area contributed by atoms with Crippen LogP contribution >= 0.6 is 0 Å². The van der Waals surface area contributed by atoms with Crippen molar-refractivity contribution in [2.45, 2.75) is 83.2 Å². The molecular weight excluding hydrogens is 236 g/mol. The number of rotatable bonds is 12. The van der Waals surface area contributed by atoms with Crippen LogP contribution in [0.25, 0.3) is 0 Å². The van der Waals surface area contributed by atoms with E-state index < -0.39 is 0 Å². The Morgan fingerprint density at radius 2 is 1.89 bits per heavy atom. The van der Waals surface area contributed by atoms with Gasteiger partial charge in [0.25, 0.3) is 0 Å². The van der Waals surface area contributed by atoms with Crippen LogP contribution in [0.15, 0.2) is 0 Å². The van der Waals surface area contributed by atoms with Gasteiger partial charge in [-0.3, -0.25) is 5.32 Å². The van der Waals surface area contributed by atoms with Crippen LogP contribution in [-0.2, 0) is 4.74 Å². The van der Waals surface area contributed by atoms with Crippen LogP contribution in [0.4, 0.5) is 0 Å². The van der Waals surface area contributed by atoms with Crippen LogP contribution in [0.5, 0.6) is 0 Å². The van der Waals surface area contributed by atoms with Crippen molar-refractivity contribution in [3.05, 3.63) is 0 Å². The van der Waals surface area contributed by atoms with Crippen LogP contribution in [0.3, 0.4) is 0 Å². The van der Waals surface area contributed by atoms with Crippen molar-refractivity contribution in [3.63, 3.8) is 0 Å². The van der Waals surface area contributed by atoms with E-state index in [1.54, 1.807) is 0 Å². The highest BCUT2D eigenvalue weighted by Gasteiger charge is 2.34. The molecule has 0 saturated heterocycles. The molecule has 19 heavy (non-hydrogen) atoms. The number of nitrogens with one attached hydrogen (secondary N) is 1. The molecule has 1 aliphatic rings. The molecule has 0 bridgehead atoms. The van der Waals surface area contributed by atoms with Crippen molar-refractivity contribution in [2.75, 3.05) is 13.2 Å². The molecule has 0 aliphatic heterocycles. The zero-order valence-electron chi connectivity index (χ0n) is 12.7. The Morgan fingerprint density at radius 1 is 1.16 bits per heavy atom. The lowest BCUT2D eigenvalue weighted by molar-refractivity contribution is 0.121. The van der Waals surface area contributed by atoms with E-state index in [1.807, 2.05) is 0 Å². The molecule has 1 unspecified atom stereocenters. The van der Waals surface area contributed by atoms with Gasteiger partial charge in [0.05, 0.1) is 6.07 Å². The third kappa shape index (κ3) is 6.94. The second-order valence-electron chi connectivity index (χ2n) is 5.74. The van der Waals surface area contributed by atoms with Gasteiger partial charge in [-0.05, 0) is 38.5 Å². The number of nitrogens with zero attached hydrogens (tertiary/aromatic N) is 1. The lowest BCUT2D eigenvalue weighted by atomic mass is 9.92. The number of hydrogen-bond donors (Lipinski definition) is 1. The highest BCUT2D eigenvalue weighted by atomic mass is 16.5. The van der Waals surface area contributed by atoms with E-state index >= 15 is 0 Å². The van der Waals surface area contributed by atoms with E-state index in [2.05, 4.69) is 25.2 Å². The Labute approximate surface area is 118 Å². The minimum Gasteiger partial charge on any atom is -0.381 e. The van der Waals surface area contributed by atoms with E-state index in [4.69, 9.17) is 4.74 Å². The molecule has 0 heterocycles. The minimum atomic E-state index is -0.313. The van der Waals surface area contributed by atoms with Gasteiger partial charge < -0.3 is 4.74 Å². The second-order valence-corrected chi connectivity index (χ2v) is 5.74. The third-order valence-corrected chi connectivity index (χ3v) is 3.91. The number of ether oxygens (including phenoxy) is 1. The van der Waals surface area contributed by atoms with Crippen molar-refractivity contribution < 1.29 is 4.74 Å². The normalized spacial score (nSPS) is 17.9. The van der Waals surface area contributed by atoms with Crippen LogP contribution < -0.4 is 5.32 Å². The SMILES string of the molecule is CCCCCCOCCCC(C#N)(CC)NC1CC1. The molecule has 3 heteroatoms. The molecule has 1 aliphatic carbocycles. The highest BCUT2D eigenvalue weighted by Crippen LogP contribution is 2.26. The first-order chi connectivity index (χ1) is 9.26. The summed E-state index contributed by atoms with van der Waals surface area (Å²) in [5, 5.41) is 12.9. The van der Waals surface area contributed by atoms with Crippen molar-refractivity contribution in [3.8, 4) is 6.07 Å². The predicted octanol–water partition coefficient (Wildman–Crippen LogP) is 3.79. The Bertz CT molecular complexity index is 270. The molecular formula is C16H30N2O. The first-order valence-electron chi connectivity index (χ1n) is 8.03. The van der Waals surface area contributed by atoms with E-state index in [-0.39, 0.29) is 5.54 Å². The molecule has 1 atom stereocenters. The van der Waals surface area contributed by atoms with Crippen molar-refractivity contribution in [2.24, 2.45) is 0 Å². The predicted molar refractivity (Wildman–Crippen MR) is 79.0 cm³/mol. The largest absolute Gasteiger partial charge is 0.381 e. The average Bonchev–Trinajstić information content (AvgIpc) is 3.24. The van der Waals surface area contributed by atoms with Gasteiger partial charge in [0.1, 0.15) is 5.54 Å². The van der Waals surface area contributed by atoms with Crippen molar-refractivity contribution in [1.82, 2.24) is 5.32 Å². The Balaban J connectivity index is 2.06. The lowest BCUT2D eigenvalue weighted by Crippen LogP contribution is -2.44. The minimum absolute atomic E-state index is 0.313. The van der Waals surface area contributed by atoms with E-state index in [9.17, 15) is 5.26 Å². The van der Waals surface area contributed by atoms with E-state index in [0.717, 1.165) is 32.5 Å². The molecule has 0 amide bonds. The smallest absolute Gasteiger partial charge is 0.106 e. The summed E-state index contributed by atoms with van der Waals surface area (Å²) in [7, 11) is 0. The van der Waals surface area contributed by atoms with Gasteiger partial charge in [0, 0.05) is 19.3 Å². The van der Waals surface area contributed by atoms with Gasteiger partial charge in [-0.15, -0.1) is 0 Å². The van der Waals surface area contributed by atoms with Crippen molar-refractivity contribution >= 4 is 0 Å². The molecule has 1 saturated carbocycles. The number of unbranched alkanes of at least 4 members (excludes halogenated alkanes) is 3. The van der Waals surface area contributed by atoms with Gasteiger partial charge in [-0.25, -0.2) is 0 Å². The standard InChI is InChI=1S/C16H30N2O/c1-3-5-6-7-12-19-13-8-11-16(4-2,14-17)18-15-9-10-15/h15,18H,3-13H2,1-2H3. The molecule has 1 rings (SSSR count). The van der Waals surface area contributed by atoms with E-state index in [1.165, 1.54) is 38.5 Å². The molecule has 1 N–H and O–H groups in total. The summed E-state index contributed by atoms with van der Waals surface area (Å²) in [6, 6.07) is 3.08. The lowest BCUT2D eigenvalue weighted by Gasteiger charge is -2.26. The molecule has 0 spiro atoms. The molecule has 3 nitrogen and oxygen atoms in total. The van der Waals surface area contributed by atoms with Crippen LogP contribution in [0, 0.1) is 11.3 Å². The summed E-state index contributed by atoms with van der Waals surface area (Å²) in [5.74, 6) is 0. The summed E-state index contributed by atoms with van der Waals surface area (Å²) in [4.78, 5) is 0. The summed E-state index contributed by atoms with van der Waals surface area (Å²) < 4.78 is 5.65. The zero-order chi connectivity index (χ0) is 14.0.